The zero-order valence-electron chi connectivity index (χ0n) is 10.9. The Morgan fingerprint density at radius 2 is 2.45 bits per heavy atom. The van der Waals surface area contributed by atoms with Gasteiger partial charge in [-0.25, -0.2) is 0 Å². The van der Waals surface area contributed by atoms with Crippen molar-refractivity contribution < 1.29 is 14.3 Å². The van der Waals surface area contributed by atoms with E-state index in [-0.39, 0.29) is 18.6 Å². The highest BCUT2D eigenvalue weighted by atomic mass is 35.5. The van der Waals surface area contributed by atoms with Crippen molar-refractivity contribution in [3.63, 3.8) is 0 Å². The first-order chi connectivity index (χ1) is 9.69. The normalized spacial score (nSPS) is 17.5. The Kier molecular flexibility index (Phi) is 5.22. The summed E-state index contributed by atoms with van der Waals surface area (Å²) in [6, 6.07) is 6.65. The third-order valence-corrected chi connectivity index (χ3v) is 3.29. The number of carbonyl (C=O) groups is 1. The van der Waals surface area contributed by atoms with Gasteiger partial charge in [0.15, 0.2) is 6.61 Å². The van der Waals surface area contributed by atoms with Gasteiger partial charge < -0.3 is 14.8 Å². The second-order valence-electron chi connectivity index (χ2n) is 4.48. The Labute approximate surface area is 122 Å². The monoisotopic (exact) mass is 294 g/mol. The van der Waals surface area contributed by atoms with Gasteiger partial charge in [0.1, 0.15) is 11.8 Å². The number of nitriles is 1. The van der Waals surface area contributed by atoms with Crippen LogP contribution in [0.2, 0.25) is 5.02 Å². The van der Waals surface area contributed by atoms with Crippen molar-refractivity contribution >= 4 is 17.5 Å². The van der Waals surface area contributed by atoms with Crippen LogP contribution in [0.3, 0.4) is 0 Å². The molecule has 20 heavy (non-hydrogen) atoms. The highest BCUT2D eigenvalue weighted by molar-refractivity contribution is 6.31. The minimum Gasteiger partial charge on any atom is -0.484 e. The second-order valence-corrected chi connectivity index (χ2v) is 4.89. The molecule has 0 bridgehead atoms. The van der Waals surface area contributed by atoms with E-state index < -0.39 is 0 Å². The molecule has 2 rings (SSSR count). The van der Waals surface area contributed by atoms with Gasteiger partial charge in [0.05, 0.1) is 16.7 Å². The molecule has 0 aromatic heterocycles. The molecule has 1 unspecified atom stereocenters. The molecule has 1 saturated heterocycles. The van der Waals surface area contributed by atoms with Gasteiger partial charge in [0, 0.05) is 19.2 Å². The Morgan fingerprint density at radius 1 is 1.60 bits per heavy atom. The Balaban J connectivity index is 1.75. The Bertz CT molecular complexity index is 522. The van der Waals surface area contributed by atoms with Crippen LogP contribution < -0.4 is 10.1 Å². The minimum atomic E-state index is -0.207. The van der Waals surface area contributed by atoms with Crippen LogP contribution in [-0.4, -0.2) is 31.8 Å². The molecule has 6 heteroatoms. The fraction of sp³-hybridized carbons (Fsp3) is 0.429. The average Bonchev–Trinajstić information content (AvgIpc) is 2.96. The molecule has 0 radical (unpaired) electrons. The van der Waals surface area contributed by atoms with Crippen molar-refractivity contribution in [2.24, 2.45) is 0 Å². The lowest BCUT2D eigenvalue weighted by Crippen LogP contribution is -2.35. The van der Waals surface area contributed by atoms with Crippen LogP contribution in [0, 0.1) is 11.3 Å². The summed E-state index contributed by atoms with van der Waals surface area (Å²) in [4.78, 5) is 11.6. The summed E-state index contributed by atoms with van der Waals surface area (Å²) < 4.78 is 10.7. The number of amides is 1. The van der Waals surface area contributed by atoms with E-state index >= 15 is 0 Å². The average molecular weight is 295 g/mol. The molecule has 0 aliphatic carbocycles. The molecule has 1 N–H and O–H groups in total. The van der Waals surface area contributed by atoms with Crippen molar-refractivity contribution in [1.29, 1.82) is 5.26 Å². The van der Waals surface area contributed by atoms with Crippen LogP contribution in [0.1, 0.15) is 18.4 Å². The summed E-state index contributed by atoms with van der Waals surface area (Å²) in [5.41, 5.74) is 0.377. The van der Waals surface area contributed by atoms with E-state index in [0.29, 0.717) is 22.9 Å². The number of hydrogen-bond donors (Lipinski definition) is 1. The molecule has 106 valence electrons. The van der Waals surface area contributed by atoms with Crippen LogP contribution >= 0.6 is 11.6 Å². The molecule has 1 aromatic carbocycles. The highest BCUT2D eigenvalue weighted by Crippen LogP contribution is 2.21. The van der Waals surface area contributed by atoms with Crippen molar-refractivity contribution in [1.82, 2.24) is 5.32 Å². The molecule has 1 aliphatic heterocycles. The van der Waals surface area contributed by atoms with Crippen LogP contribution in [0.4, 0.5) is 0 Å². The van der Waals surface area contributed by atoms with E-state index in [1.165, 1.54) is 6.07 Å². The highest BCUT2D eigenvalue weighted by Gasteiger charge is 2.16. The number of ether oxygens (including phenoxy) is 2. The van der Waals surface area contributed by atoms with Gasteiger partial charge in [-0.3, -0.25) is 4.79 Å². The van der Waals surface area contributed by atoms with Crippen LogP contribution in [0.5, 0.6) is 5.75 Å². The van der Waals surface area contributed by atoms with Crippen LogP contribution in [-0.2, 0) is 9.53 Å². The van der Waals surface area contributed by atoms with Gasteiger partial charge in [-0.2, -0.15) is 5.26 Å². The van der Waals surface area contributed by atoms with Gasteiger partial charge in [0.2, 0.25) is 0 Å². The summed E-state index contributed by atoms with van der Waals surface area (Å²) in [5.74, 6) is 0.252. The lowest BCUT2D eigenvalue weighted by atomic mass is 10.2. The van der Waals surface area contributed by atoms with Gasteiger partial charge in [-0.05, 0) is 25.0 Å². The molecule has 0 saturated carbocycles. The van der Waals surface area contributed by atoms with Gasteiger partial charge in [-0.1, -0.05) is 11.6 Å². The number of nitrogens with zero attached hydrogens (tertiary/aromatic N) is 1. The SMILES string of the molecule is N#Cc1ccc(OCC(=O)NCC2CCCO2)cc1Cl. The second kappa shape index (κ2) is 7.13. The van der Waals surface area contributed by atoms with Crippen molar-refractivity contribution in [2.45, 2.75) is 18.9 Å². The summed E-state index contributed by atoms with van der Waals surface area (Å²) in [7, 11) is 0. The first-order valence-corrected chi connectivity index (χ1v) is 6.77. The molecule has 1 aliphatic rings. The van der Waals surface area contributed by atoms with Gasteiger partial charge >= 0.3 is 0 Å². The van der Waals surface area contributed by atoms with E-state index in [0.717, 1.165) is 19.4 Å². The summed E-state index contributed by atoms with van der Waals surface area (Å²) in [6.07, 6.45) is 2.14. The zero-order valence-corrected chi connectivity index (χ0v) is 11.7. The number of rotatable bonds is 5. The number of benzene rings is 1. The Hall–Kier alpha value is -1.77. The van der Waals surface area contributed by atoms with E-state index in [9.17, 15) is 4.79 Å². The molecule has 1 fully saturated rings. The van der Waals surface area contributed by atoms with Crippen LogP contribution in [0.15, 0.2) is 18.2 Å². The van der Waals surface area contributed by atoms with Crippen molar-refractivity contribution in [3.05, 3.63) is 28.8 Å². The summed E-state index contributed by atoms with van der Waals surface area (Å²) in [5, 5.41) is 11.8. The number of hydrogen-bond acceptors (Lipinski definition) is 4. The maximum Gasteiger partial charge on any atom is 0.258 e. The van der Waals surface area contributed by atoms with E-state index in [1.54, 1.807) is 12.1 Å². The molecular weight excluding hydrogens is 280 g/mol. The fourth-order valence-electron chi connectivity index (χ4n) is 1.91. The van der Waals surface area contributed by atoms with E-state index in [2.05, 4.69) is 5.32 Å². The first-order valence-electron chi connectivity index (χ1n) is 6.40. The molecule has 1 heterocycles. The molecule has 5 nitrogen and oxygen atoms in total. The summed E-state index contributed by atoms with van der Waals surface area (Å²) in [6.45, 7) is 1.19. The minimum absolute atomic E-state index is 0.0883. The summed E-state index contributed by atoms with van der Waals surface area (Å²) >= 11 is 5.87. The van der Waals surface area contributed by atoms with Crippen molar-refractivity contribution in [2.75, 3.05) is 19.8 Å². The number of halogens is 1. The molecule has 1 amide bonds. The topological polar surface area (TPSA) is 71.3 Å². The molecule has 1 atom stereocenters. The molecule has 1 aromatic rings. The van der Waals surface area contributed by atoms with Crippen LogP contribution in [0.25, 0.3) is 0 Å². The van der Waals surface area contributed by atoms with E-state index in [1.807, 2.05) is 6.07 Å². The van der Waals surface area contributed by atoms with Gasteiger partial charge in [0.25, 0.3) is 5.91 Å². The zero-order chi connectivity index (χ0) is 14.4. The third-order valence-electron chi connectivity index (χ3n) is 2.98. The Morgan fingerprint density at radius 3 is 3.10 bits per heavy atom. The molecule has 0 spiro atoms. The quantitative estimate of drug-likeness (QED) is 0.900. The maximum absolute atomic E-state index is 11.6. The third kappa shape index (κ3) is 4.12. The smallest absolute Gasteiger partial charge is 0.258 e. The maximum atomic E-state index is 11.6. The largest absolute Gasteiger partial charge is 0.484 e. The number of nitrogens with one attached hydrogen (secondary N) is 1. The lowest BCUT2D eigenvalue weighted by molar-refractivity contribution is -0.123. The van der Waals surface area contributed by atoms with E-state index in [4.69, 9.17) is 26.3 Å². The lowest BCUT2D eigenvalue weighted by Gasteiger charge is -2.11. The van der Waals surface area contributed by atoms with Crippen molar-refractivity contribution in [3.8, 4) is 11.8 Å². The fourth-order valence-corrected chi connectivity index (χ4v) is 2.12. The molecular formula is C14H15ClN2O3. The predicted octanol–water partition coefficient (Wildman–Crippen LogP) is 1.89. The predicted molar refractivity (Wildman–Crippen MR) is 73.6 cm³/mol. The number of carbonyl (C=O) groups excluding carboxylic acids is 1. The van der Waals surface area contributed by atoms with Gasteiger partial charge in [-0.15, -0.1) is 0 Å². The standard InChI is InChI=1S/C14H15ClN2O3/c15-13-6-11(4-3-10(13)7-16)20-9-14(18)17-8-12-2-1-5-19-12/h3-4,6,12H,1-2,5,8-9H2,(H,17,18). The first kappa shape index (κ1) is 14.6.